The first kappa shape index (κ1) is 50.1. The summed E-state index contributed by atoms with van der Waals surface area (Å²) in [5.41, 5.74) is 3.15. The molecule has 21 heteroatoms. The number of carbonyl (C=O) groups is 2. The second-order valence-electron chi connectivity index (χ2n) is 17.3. The van der Waals surface area contributed by atoms with Crippen molar-refractivity contribution in [2.45, 2.75) is 48.3 Å². The first-order valence-electron chi connectivity index (χ1n) is 22.8. The molecule has 0 atom stereocenters. The van der Waals surface area contributed by atoms with Gasteiger partial charge in [0.15, 0.2) is 11.5 Å². The topological polar surface area (TPSA) is 148 Å². The molecular weight excluding hydrogens is 1120 g/mol. The van der Waals surface area contributed by atoms with Crippen LogP contribution in [0.25, 0.3) is 21.9 Å². The molecule has 6 aromatic rings. The number of hydrogen-bond donors (Lipinski definition) is 0. The molecule has 4 fully saturated rings. The van der Waals surface area contributed by atoms with E-state index in [2.05, 4.69) is 41.7 Å². The van der Waals surface area contributed by atoms with Gasteiger partial charge in [-0.2, -0.15) is 8.61 Å². The zero-order chi connectivity index (χ0) is 48.6. The van der Waals surface area contributed by atoms with E-state index in [1.165, 1.54) is 26.8 Å². The molecule has 4 aliphatic rings. The second kappa shape index (κ2) is 21.1. The molecule has 0 unspecified atom stereocenters. The standard InChI is InChI=1S/C24H24BrCl2N3O4S.C24H25BrClN3O4S/c25-22-16-15-21(24(31)29-9-2-1-3-10-29)34-20(16)8-7-19(22)28-11-13-30(14-12-28)35(32,33)23-17(26)5-4-6-18(23)27;25-23-17-16-21(24(30)28-10-4-1-5-11-28)33-20(17)9-8-19(23)27-12-14-29(15-13-27)34(31,32)22-7-3-2-6-18(22)26/h4-8,15H,1-3,9-14H2;2-3,6-9,16H,1,4-5,10-15H2. The Morgan fingerprint density at radius 2 is 0.884 bits per heavy atom. The molecule has 69 heavy (non-hydrogen) atoms. The van der Waals surface area contributed by atoms with Crippen molar-refractivity contribution in [3.8, 4) is 0 Å². The molecular formula is C48H49Br2Cl3N6O8S2. The quantitative estimate of drug-likeness (QED) is 0.144. The van der Waals surface area contributed by atoms with Crippen LogP contribution in [0.4, 0.5) is 11.4 Å². The number of sulfonamides is 2. The molecule has 2 aromatic heterocycles. The minimum absolute atomic E-state index is 0.0521. The Labute approximate surface area is 433 Å². The number of hydrogen-bond acceptors (Lipinski definition) is 10. The maximum atomic E-state index is 13.2. The number of likely N-dealkylation sites (tertiary alicyclic amines) is 2. The number of carbonyl (C=O) groups excluding carboxylic acids is 2. The van der Waals surface area contributed by atoms with E-state index in [0.717, 1.165) is 95.8 Å². The first-order chi connectivity index (χ1) is 33.1. The van der Waals surface area contributed by atoms with E-state index in [9.17, 15) is 26.4 Å². The molecule has 0 aliphatic carbocycles. The van der Waals surface area contributed by atoms with Crippen LogP contribution in [0.3, 0.4) is 0 Å². The Morgan fingerprint density at radius 3 is 1.32 bits per heavy atom. The first-order valence-corrected chi connectivity index (χ1v) is 28.4. The summed E-state index contributed by atoms with van der Waals surface area (Å²) in [6.07, 6.45) is 6.40. The molecule has 4 saturated heterocycles. The van der Waals surface area contributed by atoms with Gasteiger partial charge < -0.3 is 28.4 Å². The van der Waals surface area contributed by atoms with Gasteiger partial charge in [0.25, 0.3) is 11.8 Å². The van der Waals surface area contributed by atoms with Crippen LogP contribution in [0, 0.1) is 0 Å². The number of amides is 2. The summed E-state index contributed by atoms with van der Waals surface area (Å²) in [6, 6.07) is 22.4. The van der Waals surface area contributed by atoms with Crippen molar-refractivity contribution in [3.63, 3.8) is 0 Å². The van der Waals surface area contributed by atoms with Crippen LogP contribution in [0.15, 0.2) is 106 Å². The molecule has 4 aliphatic heterocycles. The zero-order valence-corrected chi connectivity index (χ0v) is 44.5. The smallest absolute Gasteiger partial charge is 0.289 e. The average Bonchev–Trinajstić information content (AvgIpc) is 4.01. The molecule has 10 rings (SSSR count). The van der Waals surface area contributed by atoms with E-state index in [4.69, 9.17) is 43.6 Å². The summed E-state index contributed by atoms with van der Waals surface area (Å²) >= 11 is 25.9. The number of piperazine rings is 2. The van der Waals surface area contributed by atoms with Gasteiger partial charge in [-0.25, -0.2) is 16.8 Å². The van der Waals surface area contributed by atoms with E-state index >= 15 is 0 Å². The Balaban J connectivity index is 0.000000172. The highest BCUT2D eigenvalue weighted by Crippen LogP contribution is 2.39. The molecule has 6 heterocycles. The lowest BCUT2D eigenvalue weighted by atomic mass is 10.1. The predicted molar refractivity (Wildman–Crippen MR) is 277 cm³/mol. The lowest BCUT2D eigenvalue weighted by Crippen LogP contribution is -2.48. The number of rotatable bonds is 8. The van der Waals surface area contributed by atoms with Gasteiger partial charge in [0.1, 0.15) is 21.0 Å². The SMILES string of the molecule is O=C(c1cc2c(Br)c(N3CCN(S(=O)(=O)c4c(Cl)cccc4Cl)CC3)ccc2o1)N1CCCCC1.O=C(c1cc2c(Br)c(N3CCN(S(=O)(=O)c4ccccc4Cl)CC3)ccc2o1)N1CCCCC1. The van der Waals surface area contributed by atoms with Crippen molar-refractivity contribution in [2.24, 2.45) is 0 Å². The van der Waals surface area contributed by atoms with Crippen LogP contribution in [0.1, 0.15) is 59.6 Å². The Kier molecular flexibility index (Phi) is 15.3. The summed E-state index contributed by atoms with van der Waals surface area (Å²) in [4.78, 5) is 33.8. The zero-order valence-electron chi connectivity index (χ0n) is 37.4. The van der Waals surface area contributed by atoms with Crippen LogP contribution < -0.4 is 9.80 Å². The summed E-state index contributed by atoms with van der Waals surface area (Å²) in [5, 5.41) is 2.11. The van der Waals surface area contributed by atoms with Crippen molar-refractivity contribution in [1.29, 1.82) is 0 Å². The number of benzene rings is 4. The van der Waals surface area contributed by atoms with E-state index in [0.29, 0.717) is 75.0 Å². The van der Waals surface area contributed by atoms with Gasteiger partial charge in [0.2, 0.25) is 20.0 Å². The molecule has 0 bridgehead atoms. The van der Waals surface area contributed by atoms with Gasteiger partial charge in [-0.1, -0.05) is 53.0 Å². The van der Waals surface area contributed by atoms with Crippen LogP contribution in [0.5, 0.6) is 0 Å². The number of fused-ring (bicyclic) bond motifs is 2. The van der Waals surface area contributed by atoms with Crippen LogP contribution in [-0.2, 0) is 20.0 Å². The third kappa shape index (κ3) is 10.3. The van der Waals surface area contributed by atoms with Crippen molar-refractivity contribution in [1.82, 2.24) is 18.4 Å². The summed E-state index contributed by atoms with van der Waals surface area (Å²) in [5.74, 6) is 0.548. The highest BCUT2D eigenvalue weighted by molar-refractivity contribution is 9.11. The van der Waals surface area contributed by atoms with Crippen LogP contribution in [-0.4, -0.2) is 126 Å². The maximum absolute atomic E-state index is 13.2. The van der Waals surface area contributed by atoms with Crippen molar-refractivity contribution >= 4 is 132 Å². The molecule has 4 aromatic carbocycles. The lowest BCUT2D eigenvalue weighted by Gasteiger charge is -2.36. The Morgan fingerprint density at radius 1 is 0.478 bits per heavy atom. The summed E-state index contributed by atoms with van der Waals surface area (Å²) in [7, 11) is -7.47. The normalized spacial score (nSPS) is 17.9. The fourth-order valence-electron chi connectivity index (χ4n) is 9.33. The van der Waals surface area contributed by atoms with Crippen molar-refractivity contribution < 1.29 is 35.3 Å². The van der Waals surface area contributed by atoms with Gasteiger partial charge >= 0.3 is 0 Å². The van der Waals surface area contributed by atoms with Gasteiger partial charge in [-0.05, 0) is 131 Å². The second-order valence-corrected chi connectivity index (χ2v) is 23.9. The third-order valence-electron chi connectivity index (χ3n) is 13.1. The van der Waals surface area contributed by atoms with Crippen LogP contribution >= 0.6 is 66.7 Å². The fourth-order valence-corrected chi connectivity index (χ4v) is 15.1. The maximum Gasteiger partial charge on any atom is 0.289 e. The van der Waals surface area contributed by atoms with E-state index in [1.807, 2.05) is 34.1 Å². The largest absolute Gasteiger partial charge is 0.451 e. The van der Waals surface area contributed by atoms with Crippen molar-refractivity contribution in [2.75, 3.05) is 88.3 Å². The average molecular weight is 1170 g/mol. The summed E-state index contributed by atoms with van der Waals surface area (Å²) in [6.45, 7) is 6.38. The number of halogens is 5. The predicted octanol–water partition coefficient (Wildman–Crippen LogP) is 10.6. The van der Waals surface area contributed by atoms with Crippen molar-refractivity contribution in [3.05, 3.63) is 114 Å². The van der Waals surface area contributed by atoms with Gasteiger partial charge in [-0.15, -0.1) is 0 Å². The van der Waals surface area contributed by atoms with E-state index < -0.39 is 20.0 Å². The molecule has 366 valence electrons. The minimum Gasteiger partial charge on any atom is -0.451 e. The highest BCUT2D eigenvalue weighted by atomic mass is 79.9. The lowest BCUT2D eigenvalue weighted by molar-refractivity contribution is 0.0688. The molecule has 0 saturated carbocycles. The molecule has 0 spiro atoms. The third-order valence-corrected chi connectivity index (χ3v) is 20.0. The van der Waals surface area contributed by atoms with Gasteiger partial charge in [-0.3, -0.25) is 9.59 Å². The molecule has 0 N–H and O–H groups in total. The number of anilines is 2. The minimum atomic E-state index is -3.82. The fraction of sp³-hybridized carbons (Fsp3) is 0.375. The Hall–Kier alpha value is -3.85. The Bertz CT molecular complexity index is 3110. The number of nitrogens with zero attached hydrogens (tertiary/aromatic N) is 6. The number of furan rings is 2. The molecule has 2 amide bonds. The van der Waals surface area contributed by atoms with Gasteiger partial charge in [0, 0.05) is 89.3 Å². The van der Waals surface area contributed by atoms with E-state index in [1.54, 1.807) is 36.4 Å². The van der Waals surface area contributed by atoms with Crippen LogP contribution in [0.2, 0.25) is 15.1 Å². The monoisotopic (exact) mass is 1160 g/mol. The highest BCUT2D eigenvalue weighted by Gasteiger charge is 2.34. The summed E-state index contributed by atoms with van der Waals surface area (Å²) < 4.78 is 68.8. The molecule has 0 radical (unpaired) electrons. The van der Waals surface area contributed by atoms with Gasteiger partial charge in [0.05, 0.1) is 35.4 Å². The molecule has 14 nitrogen and oxygen atoms in total. The number of piperidine rings is 2. The van der Waals surface area contributed by atoms with E-state index in [-0.39, 0.29) is 36.7 Å².